The fourth-order valence-corrected chi connectivity index (χ4v) is 0.995. The molecular formula is C12H22N2O4. The number of nitrogens with zero attached hydrogens (tertiary/aromatic N) is 1. The molecule has 6 heteroatoms. The maximum atomic E-state index is 11.8. The first kappa shape index (κ1) is 16.4. The van der Waals surface area contributed by atoms with Crippen LogP contribution in [0.2, 0.25) is 0 Å². The van der Waals surface area contributed by atoms with Crippen molar-refractivity contribution in [1.29, 1.82) is 0 Å². The molecule has 0 aromatic carbocycles. The number of nitrogens with one attached hydrogen (secondary N) is 1. The van der Waals surface area contributed by atoms with Gasteiger partial charge in [0.1, 0.15) is 5.54 Å². The Morgan fingerprint density at radius 2 is 1.56 bits per heavy atom. The van der Waals surface area contributed by atoms with Crippen molar-refractivity contribution in [2.75, 3.05) is 13.6 Å². The zero-order chi connectivity index (χ0) is 14.7. The van der Waals surface area contributed by atoms with E-state index in [4.69, 9.17) is 5.11 Å². The largest absolute Gasteiger partial charge is 0.480 e. The van der Waals surface area contributed by atoms with Crippen molar-refractivity contribution in [3.8, 4) is 0 Å². The Hall–Kier alpha value is -1.59. The summed E-state index contributed by atoms with van der Waals surface area (Å²) in [5.41, 5.74) is -1.88. The van der Waals surface area contributed by atoms with Crippen LogP contribution in [0.15, 0.2) is 0 Å². The molecule has 2 N–H and O–H groups in total. The van der Waals surface area contributed by atoms with Gasteiger partial charge in [0.15, 0.2) is 0 Å². The number of hydrogen-bond donors (Lipinski definition) is 2. The molecule has 0 aromatic rings. The molecule has 0 fully saturated rings. The number of carbonyl (C=O) groups excluding carboxylic acids is 2. The lowest BCUT2D eigenvalue weighted by atomic mass is 9.96. The summed E-state index contributed by atoms with van der Waals surface area (Å²) in [5.74, 6) is -1.79. The van der Waals surface area contributed by atoms with E-state index in [1.54, 1.807) is 20.8 Å². The van der Waals surface area contributed by atoms with Gasteiger partial charge in [0.25, 0.3) is 0 Å². The molecular weight excluding hydrogens is 236 g/mol. The summed E-state index contributed by atoms with van der Waals surface area (Å²) >= 11 is 0. The number of carboxylic acid groups (broad SMARTS) is 1. The zero-order valence-electron chi connectivity index (χ0n) is 11.8. The van der Waals surface area contributed by atoms with Gasteiger partial charge in [0.2, 0.25) is 11.8 Å². The molecule has 0 bridgehead atoms. The number of hydrogen-bond acceptors (Lipinski definition) is 3. The second-order valence-corrected chi connectivity index (χ2v) is 5.75. The molecule has 0 aromatic heterocycles. The van der Waals surface area contributed by atoms with Crippen LogP contribution in [0.5, 0.6) is 0 Å². The van der Waals surface area contributed by atoms with Crippen LogP contribution in [0.3, 0.4) is 0 Å². The smallest absolute Gasteiger partial charge is 0.329 e. The monoisotopic (exact) mass is 258 g/mol. The van der Waals surface area contributed by atoms with E-state index in [9.17, 15) is 14.4 Å². The molecule has 0 aliphatic heterocycles. The third-order valence-electron chi connectivity index (χ3n) is 2.82. The Kier molecular flexibility index (Phi) is 4.90. The van der Waals surface area contributed by atoms with E-state index < -0.39 is 22.8 Å². The van der Waals surface area contributed by atoms with Crippen molar-refractivity contribution >= 4 is 17.8 Å². The average Bonchev–Trinajstić information content (AvgIpc) is 2.22. The SMILES string of the molecule is CN(C(=O)CNC(=O)C(C)(C)C)C(C)(C)C(=O)O. The molecule has 2 amide bonds. The number of likely N-dealkylation sites (N-methyl/N-ethyl adjacent to an activating group) is 1. The van der Waals surface area contributed by atoms with Crippen molar-refractivity contribution in [2.24, 2.45) is 5.41 Å². The van der Waals surface area contributed by atoms with Gasteiger partial charge in [-0.25, -0.2) is 4.79 Å². The zero-order valence-corrected chi connectivity index (χ0v) is 11.8. The van der Waals surface area contributed by atoms with E-state index in [-0.39, 0.29) is 12.5 Å². The van der Waals surface area contributed by atoms with Gasteiger partial charge in [0, 0.05) is 12.5 Å². The number of rotatable bonds is 4. The minimum Gasteiger partial charge on any atom is -0.480 e. The fourth-order valence-electron chi connectivity index (χ4n) is 0.995. The molecule has 0 atom stereocenters. The van der Waals surface area contributed by atoms with Gasteiger partial charge in [-0.15, -0.1) is 0 Å². The van der Waals surface area contributed by atoms with E-state index in [2.05, 4.69) is 5.32 Å². The number of aliphatic carboxylic acids is 1. The number of carbonyl (C=O) groups is 3. The third-order valence-corrected chi connectivity index (χ3v) is 2.82. The molecule has 0 heterocycles. The molecule has 104 valence electrons. The van der Waals surface area contributed by atoms with Crippen LogP contribution in [-0.4, -0.2) is 46.9 Å². The highest BCUT2D eigenvalue weighted by atomic mass is 16.4. The molecule has 0 aliphatic carbocycles. The van der Waals surface area contributed by atoms with Gasteiger partial charge in [0.05, 0.1) is 6.54 Å². The van der Waals surface area contributed by atoms with Crippen LogP contribution in [0, 0.1) is 5.41 Å². The Bertz CT molecular complexity index is 356. The molecule has 0 aliphatic rings. The van der Waals surface area contributed by atoms with Gasteiger partial charge < -0.3 is 15.3 Å². The van der Waals surface area contributed by atoms with E-state index in [0.29, 0.717) is 0 Å². The summed E-state index contributed by atoms with van der Waals surface area (Å²) in [6.45, 7) is 7.86. The van der Waals surface area contributed by atoms with Crippen molar-refractivity contribution < 1.29 is 19.5 Å². The summed E-state index contributed by atoms with van der Waals surface area (Å²) < 4.78 is 0. The molecule has 0 saturated carbocycles. The highest BCUT2D eigenvalue weighted by molar-refractivity contribution is 5.90. The predicted molar refractivity (Wildman–Crippen MR) is 66.9 cm³/mol. The normalized spacial score (nSPS) is 11.9. The quantitative estimate of drug-likeness (QED) is 0.767. The van der Waals surface area contributed by atoms with Crippen molar-refractivity contribution in [3.63, 3.8) is 0 Å². The second-order valence-electron chi connectivity index (χ2n) is 5.75. The van der Waals surface area contributed by atoms with Crippen molar-refractivity contribution in [3.05, 3.63) is 0 Å². The Labute approximate surface area is 107 Å². The highest BCUT2D eigenvalue weighted by Gasteiger charge is 2.35. The summed E-state index contributed by atoms with van der Waals surface area (Å²) in [6.07, 6.45) is 0. The molecule has 18 heavy (non-hydrogen) atoms. The summed E-state index contributed by atoms with van der Waals surface area (Å²) in [4.78, 5) is 35.4. The van der Waals surface area contributed by atoms with Crippen molar-refractivity contribution in [2.45, 2.75) is 40.2 Å². The number of carboxylic acids is 1. The fraction of sp³-hybridized carbons (Fsp3) is 0.750. The van der Waals surface area contributed by atoms with E-state index >= 15 is 0 Å². The summed E-state index contributed by atoms with van der Waals surface area (Å²) in [6, 6.07) is 0. The molecule has 6 nitrogen and oxygen atoms in total. The second kappa shape index (κ2) is 5.37. The van der Waals surface area contributed by atoms with E-state index in [0.717, 1.165) is 4.90 Å². The average molecular weight is 258 g/mol. The minimum absolute atomic E-state index is 0.205. The maximum absolute atomic E-state index is 11.8. The molecule has 0 rings (SSSR count). The van der Waals surface area contributed by atoms with Crippen LogP contribution >= 0.6 is 0 Å². The minimum atomic E-state index is -1.30. The van der Waals surface area contributed by atoms with Gasteiger partial charge in [-0.05, 0) is 13.8 Å². The summed E-state index contributed by atoms with van der Waals surface area (Å²) in [7, 11) is 1.40. The lowest BCUT2D eigenvalue weighted by Gasteiger charge is -2.31. The lowest BCUT2D eigenvalue weighted by molar-refractivity contribution is -0.155. The maximum Gasteiger partial charge on any atom is 0.329 e. The van der Waals surface area contributed by atoms with Crippen LogP contribution < -0.4 is 5.32 Å². The van der Waals surface area contributed by atoms with E-state index in [1.165, 1.54) is 20.9 Å². The first-order valence-corrected chi connectivity index (χ1v) is 5.69. The molecule has 0 saturated heterocycles. The topological polar surface area (TPSA) is 86.7 Å². The number of amides is 2. The Morgan fingerprint density at radius 1 is 1.11 bits per heavy atom. The van der Waals surface area contributed by atoms with Crippen LogP contribution in [0.25, 0.3) is 0 Å². The van der Waals surface area contributed by atoms with Crippen LogP contribution in [-0.2, 0) is 14.4 Å². The first-order valence-electron chi connectivity index (χ1n) is 5.69. The molecule has 0 unspecified atom stereocenters. The molecule has 0 spiro atoms. The Balaban J connectivity index is 4.53. The Morgan fingerprint density at radius 3 is 1.89 bits per heavy atom. The highest BCUT2D eigenvalue weighted by Crippen LogP contribution is 2.14. The summed E-state index contributed by atoms with van der Waals surface area (Å²) in [5, 5.41) is 11.5. The van der Waals surface area contributed by atoms with Crippen molar-refractivity contribution in [1.82, 2.24) is 10.2 Å². The van der Waals surface area contributed by atoms with E-state index in [1.807, 2.05) is 0 Å². The molecule has 0 radical (unpaired) electrons. The van der Waals surface area contributed by atoms with Crippen LogP contribution in [0.1, 0.15) is 34.6 Å². The van der Waals surface area contributed by atoms with Crippen LogP contribution in [0.4, 0.5) is 0 Å². The first-order chi connectivity index (χ1) is 7.90. The standard InChI is InChI=1S/C12H22N2O4/c1-11(2,3)9(16)13-7-8(15)14(6)12(4,5)10(17)18/h7H2,1-6H3,(H,13,16)(H,17,18). The lowest BCUT2D eigenvalue weighted by Crippen LogP contribution is -2.53. The van der Waals surface area contributed by atoms with Gasteiger partial charge in [-0.1, -0.05) is 20.8 Å². The van der Waals surface area contributed by atoms with Gasteiger partial charge in [-0.2, -0.15) is 0 Å². The third kappa shape index (κ3) is 4.01. The van der Waals surface area contributed by atoms with Gasteiger partial charge >= 0.3 is 5.97 Å². The predicted octanol–water partition coefficient (Wildman–Crippen LogP) is 0.470. The van der Waals surface area contributed by atoms with Gasteiger partial charge in [-0.3, -0.25) is 9.59 Å².